The van der Waals surface area contributed by atoms with Gasteiger partial charge in [0.05, 0.1) is 6.61 Å². The van der Waals surface area contributed by atoms with Crippen LogP contribution in [0.5, 0.6) is 5.75 Å². The second kappa shape index (κ2) is 5.66. The van der Waals surface area contributed by atoms with Crippen LogP contribution in [0.3, 0.4) is 0 Å². The molecule has 0 heterocycles. The van der Waals surface area contributed by atoms with Crippen molar-refractivity contribution in [2.45, 2.75) is 32.1 Å². The van der Waals surface area contributed by atoms with Gasteiger partial charge in [0.15, 0.2) is 0 Å². The lowest BCUT2D eigenvalue weighted by molar-refractivity contribution is 0.272. The number of benzene rings is 2. The van der Waals surface area contributed by atoms with Crippen LogP contribution in [0.25, 0.3) is 0 Å². The monoisotopic (exact) mass is 270 g/mol. The number of hydrogen-bond acceptors (Lipinski definition) is 1. The van der Waals surface area contributed by atoms with E-state index in [0.29, 0.717) is 12.5 Å². The molecule has 0 N–H and O–H groups in total. The number of halogens is 1. The van der Waals surface area contributed by atoms with Gasteiger partial charge in [-0.15, -0.1) is 0 Å². The number of rotatable bonds is 3. The molecule has 0 aromatic heterocycles. The van der Waals surface area contributed by atoms with Crippen molar-refractivity contribution in [1.29, 1.82) is 0 Å². The van der Waals surface area contributed by atoms with Gasteiger partial charge >= 0.3 is 0 Å². The molecule has 0 saturated heterocycles. The zero-order chi connectivity index (χ0) is 13.9. The molecule has 3 rings (SSSR count). The summed E-state index contributed by atoms with van der Waals surface area (Å²) in [6.07, 6.45) is 3.55. The topological polar surface area (TPSA) is 9.23 Å². The van der Waals surface area contributed by atoms with E-state index >= 15 is 0 Å². The Balaban J connectivity index is 1.73. The van der Waals surface area contributed by atoms with Crippen molar-refractivity contribution in [3.8, 4) is 5.75 Å². The number of aryl methyl sites for hydroxylation is 2. The van der Waals surface area contributed by atoms with Gasteiger partial charge in [0.1, 0.15) is 11.6 Å². The largest absolute Gasteiger partial charge is 0.493 e. The average molecular weight is 270 g/mol. The normalized spacial score (nSPS) is 17.6. The van der Waals surface area contributed by atoms with Crippen molar-refractivity contribution in [2.24, 2.45) is 0 Å². The van der Waals surface area contributed by atoms with Crippen molar-refractivity contribution >= 4 is 0 Å². The molecule has 1 atom stereocenters. The van der Waals surface area contributed by atoms with Crippen LogP contribution in [-0.2, 0) is 6.42 Å². The molecule has 1 aliphatic carbocycles. The van der Waals surface area contributed by atoms with E-state index in [2.05, 4.69) is 24.3 Å². The van der Waals surface area contributed by atoms with Crippen molar-refractivity contribution < 1.29 is 9.13 Å². The Morgan fingerprint density at radius 3 is 2.90 bits per heavy atom. The summed E-state index contributed by atoms with van der Waals surface area (Å²) >= 11 is 0. The zero-order valence-corrected chi connectivity index (χ0v) is 11.7. The summed E-state index contributed by atoms with van der Waals surface area (Å²) in [6, 6.07) is 13.3. The summed E-state index contributed by atoms with van der Waals surface area (Å²) in [5.41, 5.74) is 3.72. The Kier molecular flexibility index (Phi) is 3.72. The van der Waals surface area contributed by atoms with Gasteiger partial charge in [-0.2, -0.15) is 0 Å². The molecule has 0 amide bonds. The fourth-order valence-electron chi connectivity index (χ4n) is 2.99. The van der Waals surface area contributed by atoms with Crippen LogP contribution in [0.1, 0.15) is 35.4 Å². The van der Waals surface area contributed by atoms with E-state index in [1.807, 2.05) is 6.92 Å². The Hall–Kier alpha value is -1.83. The zero-order valence-electron chi connectivity index (χ0n) is 11.7. The molecule has 20 heavy (non-hydrogen) atoms. The van der Waals surface area contributed by atoms with Crippen LogP contribution in [0.15, 0.2) is 42.5 Å². The molecule has 2 aromatic rings. The van der Waals surface area contributed by atoms with E-state index in [0.717, 1.165) is 17.7 Å². The molecule has 0 spiro atoms. The molecule has 0 fully saturated rings. The summed E-state index contributed by atoms with van der Waals surface area (Å²) in [6.45, 7) is 2.55. The molecular formula is C18H19FO. The van der Waals surface area contributed by atoms with Crippen LogP contribution < -0.4 is 4.74 Å². The van der Waals surface area contributed by atoms with Crippen molar-refractivity contribution in [2.75, 3.05) is 6.61 Å². The first-order valence-electron chi connectivity index (χ1n) is 7.21. The third kappa shape index (κ3) is 2.69. The van der Waals surface area contributed by atoms with Crippen LogP contribution in [0, 0.1) is 12.7 Å². The van der Waals surface area contributed by atoms with Crippen molar-refractivity contribution in [3.63, 3.8) is 0 Å². The summed E-state index contributed by atoms with van der Waals surface area (Å²) in [4.78, 5) is 0. The Morgan fingerprint density at radius 1 is 1.20 bits per heavy atom. The van der Waals surface area contributed by atoms with Gasteiger partial charge in [0, 0.05) is 5.92 Å². The molecule has 0 bridgehead atoms. The quantitative estimate of drug-likeness (QED) is 0.790. The minimum Gasteiger partial charge on any atom is -0.493 e. The first-order chi connectivity index (χ1) is 9.74. The molecule has 2 heteroatoms. The molecule has 104 valence electrons. The maximum Gasteiger partial charge on any atom is 0.123 e. The maximum atomic E-state index is 13.1. The van der Waals surface area contributed by atoms with Gasteiger partial charge in [0.2, 0.25) is 0 Å². The highest BCUT2D eigenvalue weighted by atomic mass is 19.1. The third-order valence-electron chi connectivity index (χ3n) is 4.07. The van der Waals surface area contributed by atoms with E-state index < -0.39 is 0 Å². The highest BCUT2D eigenvalue weighted by Crippen LogP contribution is 2.32. The van der Waals surface area contributed by atoms with Gasteiger partial charge in [0.25, 0.3) is 0 Å². The molecule has 0 aliphatic heterocycles. The van der Waals surface area contributed by atoms with Crippen molar-refractivity contribution in [3.05, 3.63) is 65.0 Å². The standard InChI is InChI=1S/C18H19FO/c1-13-11-16(19)9-10-18(13)20-12-15-7-4-6-14-5-2-3-8-17(14)15/h2-3,5,8-11,15H,4,6-7,12H2,1H3. The highest BCUT2D eigenvalue weighted by molar-refractivity contribution is 5.35. The Morgan fingerprint density at radius 2 is 2.05 bits per heavy atom. The summed E-state index contributed by atoms with van der Waals surface area (Å²) < 4.78 is 19.0. The van der Waals surface area contributed by atoms with Gasteiger partial charge in [-0.25, -0.2) is 4.39 Å². The SMILES string of the molecule is Cc1cc(F)ccc1OCC1CCCc2ccccc21. The molecule has 2 aromatic carbocycles. The van der Waals surface area contributed by atoms with Crippen molar-refractivity contribution in [1.82, 2.24) is 0 Å². The molecule has 0 radical (unpaired) electrons. The maximum absolute atomic E-state index is 13.1. The first-order valence-corrected chi connectivity index (χ1v) is 7.21. The average Bonchev–Trinajstić information content (AvgIpc) is 2.46. The minimum atomic E-state index is -0.210. The highest BCUT2D eigenvalue weighted by Gasteiger charge is 2.20. The van der Waals surface area contributed by atoms with Crippen LogP contribution in [-0.4, -0.2) is 6.61 Å². The number of hydrogen-bond donors (Lipinski definition) is 0. The lowest BCUT2D eigenvalue weighted by Gasteiger charge is -2.25. The first kappa shape index (κ1) is 13.2. The fraction of sp³-hybridized carbons (Fsp3) is 0.333. The summed E-state index contributed by atoms with van der Waals surface area (Å²) in [5.74, 6) is 1.02. The summed E-state index contributed by atoms with van der Waals surface area (Å²) in [5, 5.41) is 0. The minimum absolute atomic E-state index is 0.210. The predicted molar refractivity (Wildman–Crippen MR) is 78.8 cm³/mol. The number of ether oxygens (including phenoxy) is 1. The second-order valence-electron chi connectivity index (χ2n) is 5.51. The Labute approximate surface area is 119 Å². The summed E-state index contributed by atoms with van der Waals surface area (Å²) in [7, 11) is 0. The second-order valence-corrected chi connectivity index (χ2v) is 5.51. The lowest BCUT2D eigenvalue weighted by Crippen LogP contribution is -2.16. The predicted octanol–water partition coefficient (Wildman–Crippen LogP) is 4.63. The van der Waals surface area contributed by atoms with E-state index in [1.165, 1.54) is 36.1 Å². The third-order valence-corrected chi connectivity index (χ3v) is 4.07. The molecule has 1 nitrogen and oxygen atoms in total. The Bertz CT molecular complexity index is 606. The van der Waals surface area contributed by atoms with E-state index in [9.17, 15) is 4.39 Å². The molecule has 1 aliphatic rings. The van der Waals surface area contributed by atoms with Crippen LogP contribution in [0.4, 0.5) is 4.39 Å². The van der Waals surface area contributed by atoms with Gasteiger partial charge < -0.3 is 4.74 Å². The fourth-order valence-corrected chi connectivity index (χ4v) is 2.99. The van der Waals surface area contributed by atoms with Gasteiger partial charge in [-0.1, -0.05) is 24.3 Å². The van der Waals surface area contributed by atoms with Crippen LogP contribution in [0.2, 0.25) is 0 Å². The van der Waals surface area contributed by atoms with Crippen LogP contribution >= 0.6 is 0 Å². The smallest absolute Gasteiger partial charge is 0.123 e. The molecule has 1 unspecified atom stereocenters. The van der Waals surface area contributed by atoms with E-state index in [4.69, 9.17) is 4.74 Å². The number of fused-ring (bicyclic) bond motifs is 1. The molecule has 0 saturated carbocycles. The molecular weight excluding hydrogens is 251 g/mol. The van der Waals surface area contributed by atoms with E-state index in [1.54, 1.807) is 6.07 Å². The van der Waals surface area contributed by atoms with Gasteiger partial charge in [-0.05, 0) is 61.1 Å². The van der Waals surface area contributed by atoms with Gasteiger partial charge in [-0.3, -0.25) is 0 Å². The lowest BCUT2D eigenvalue weighted by atomic mass is 9.83. The van der Waals surface area contributed by atoms with E-state index in [-0.39, 0.29) is 5.82 Å².